The van der Waals surface area contributed by atoms with Gasteiger partial charge < -0.3 is 4.74 Å². The number of ether oxygens (including phenoxy) is 1. The average Bonchev–Trinajstić information content (AvgIpc) is 3.63. The van der Waals surface area contributed by atoms with Crippen LogP contribution in [0, 0.1) is 0 Å². The lowest BCUT2D eigenvalue weighted by atomic mass is 10.1. The number of carbonyl (C=O) groups excluding carboxylic acids is 1. The van der Waals surface area contributed by atoms with Gasteiger partial charge in [0.2, 0.25) is 5.78 Å². The quantitative estimate of drug-likeness (QED) is 0.344. The highest BCUT2D eigenvalue weighted by Crippen LogP contribution is 2.26. The molecule has 0 saturated carbocycles. The molecule has 0 saturated heterocycles. The number of hydrogen-bond donors (Lipinski definition) is 0. The first-order chi connectivity index (χ1) is 17.1. The van der Waals surface area contributed by atoms with E-state index in [0.717, 1.165) is 5.56 Å². The maximum Gasteiger partial charge on any atom is 0.339 e. The Morgan fingerprint density at radius 1 is 1.14 bits per heavy atom. The molecule has 0 unspecified atom stereocenters. The number of benzene rings is 1. The number of thiophene rings is 1. The summed E-state index contributed by atoms with van der Waals surface area (Å²) in [6, 6.07) is 13.2. The molecule has 6 rings (SSSR count). The van der Waals surface area contributed by atoms with Gasteiger partial charge in [0.05, 0.1) is 28.4 Å². The van der Waals surface area contributed by atoms with E-state index in [1.807, 2.05) is 48.7 Å². The number of aryl methyl sites for hydroxylation is 2. The van der Waals surface area contributed by atoms with Crippen molar-refractivity contribution in [3.63, 3.8) is 0 Å². The zero-order chi connectivity index (χ0) is 24.1. The summed E-state index contributed by atoms with van der Waals surface area (Å²) in [6.07, 6.45) is 1.63. The number of carbonyl (C=O) groups is 1. The molecular weight excluding hydrogens is 466 g/mol. The lowest BCUT2D eigenvalue weighted by Crippen LogP contribution is -2.19. The minimum absolute atomic E-state index is 0.116. The minimum atomic E-state index is -0.520. The SMILES string of the molecule is CCn1ncc2c(C(=O)OCc3nnc4n(C)c(=O)c5sccc5n34)cc(-c3ccccc3)nc21. The molecule has 11 heteroatoms. The Balaban J connectivity index is 1.40. The van der Waals surface area contributed by atoms with Crippen LogP contribution >= 0.6 is 11.3 Å². The normalized spacial score (nSPS) is 11.6. The van der Waals surface area contributed by atoms with Crippen molar-refractivity contribution in [1.82, 2.24) is 33.9 Å². The number of esters is 1. The predicted octanol–water partition coefficient (Wildman–Crippen LogP) is 3.43. The van der Waals surface area contributed by atoms with Crippen LogP contribution < -0.4 is 5.56 Å². The molecule has 35 heavy (non-hydrogen) atoms. The zero-order valence-electron chi connectivity index (χ0n) is 18.9. The van der Waals surface area contributed by atoms with Crippen LogP contribution in [0.2, 0.25) is 0 Å². The third-order valence-corrected chi connectivity index (χ3v) is 6.82. The summed E-state index contributed by atoms with van der Waals surface area (Å²) < 4.78 is 11.2. The molecule has 0 radical (unpaired) electrons. The molecule has 0 fully saturated rings. The number of pyridine rings is 1. The van der Waals surface area contributed by atoms with Crippen LogP contribution in [-0.2, 0) is 24.9 Å². The molecular formula is C24H19N7O3S. The molecule has 0 amide bonds. The van der Waals surface area contributed by atoms with E-state index in [-0.39, 0.29) is 12.2 Å². The van der Waals surface area contributed by atoms with E-state index in [2.05, 4.69) is 15.3 Å². The van der Waals surface area contributed by atoms with Crippen molar-refractivity contribution in [1.29, 1.82) is 0 Å². The third-order valence-electron chi connectivity index (χ3n) is 5.93. The maximum absolute atomic E-state index is 13.3. The van der Waals surface area contributed by atoms with Gasteiger partial charge in [-0.15, -0.1) is 21.5 Å². The summed E-state index contributed by atoms with van der Waals surface area (Å²) in [6.45, 7) is 2.47. The molecule has 0 aliphatic heterocycles. The van der Waals surface area contributed by atoms with Crippen molar-refractivity contribution in [3.05, 3.63) is 75.8 Å². The number of hydrogen-bond acceptors (Lipinski definition) is 8. The highest BCUT2D eigenvalue weighted by atomic mass is 32.1. The largest absolute Gasteiger partial charge is 0.454 e. The Kier molecular flexibility index (Phi) is 4.92. The van der Waals surface area contributed by atoms with Crippen molar-refractivity contribution in [3.8, 4) is 11.3 Å². The fourth-order valence-electron chi connectivity index (χ4n) is 4.16. The van der Waals surface area contributed by atoms with Crippen molar-refractivity contribution < 1.29 is 9.53 Å². The summed E-state index contributed by atoms with van der Waals surface area (Å²) in [5, 5.41) is 15.2. The Morgan fingerprint density at radius 3 is 2.77 bits per heavy atom. The fraction of sp³-hybridized carbons (Fsp3) is 0.167. The minimum Gasteiger partial charge on any atom is -0.454 e. The molecule has 1 aromatic carbocycles. The standard InChI is InChI=1S/C24H19N7O3S/c1-3-30-21-16(12-25-30)15(11-17(26-21)14-7-5-4-6-8-14)23(33)34-13-19-27-28-24-29(2)22(32)20-18(31(19)24)9-10-35-20/h4-12H,3,13H2,1-2H3. The highest BCUT2D eigenvalue weighted by molar-refractivity contribution is 7.17. The van der Waals surface area contributed by atoms with E-state index < -0.39 is 5.97 Å². The summed E-state index contributed by atoms with van der Waals surface area (Å²) >= 11 is 1.35. The molecule has 0 spiro atoms. The summed E-state index contributed by atoms with van der Waals surface area (Å²) in [5.74, 6) is 0.285. The van der Waals surface area contributed by atoms with Crippen LogP contribution in [0.4, 0.5) is 0 Å². The monoisotopic (exact) mass is 485 g/mol. The van der Waals surface area contributed by atoms with Crippen LogP contribution in [0.1, 0.15) is 23.1 Å². The van der Waals surface area contributed by atoms with Crippen molar-refractivity contribution in [2.45, 2.75) is 20.1 Å². The number of aromatic nitrogens is 7. The van der Waals surface area contributed by atoms with Gasteiger partial charge in [-0.2, -0.15) is 5.10 Å². The first-order valence-corrected chi connectivity index (χ1v) is 11.8. The predicted molar refractivity (Wildman–Crippen MR) is 131 cm³/mol. The Morgan fingerprint density at radius 2 is 1.97 bits per heavy atom. The van der Waals surface area contributed by atoms with Crippen LogP contribution in [0.25, 0.3) is 38.3 Å². The van der Waals surface area contributed by atoms with Gasteiger partial charge in [0.15, 0.2) is 18.1 Å². The molecule has 0 aliphatic rings. The molecule has 0 aliphatic carbocycles. The Bertz CT molecular complexity index is 1800. The van der Waals surface area contributed by atoms with Gasteiger partial charge in [0, 0.05) is 19.2 Å². The van der Waals surface area contributed by atoms with Crippen LogP contribution in [0.3, 0.4) is 0 Å². The molecule has 0 atom stereocenters. The van der Waals surface area contributed by atoms with Crippen molar-refractivity contribution >= 4 is 44.3 Å². The van der Waals surface area contributed by atoms with Gasteiger partial charge >= 0.3 is 5.97 Å². The summed E-state index contributed by atoms with van der Waals surface area (Å²) in [4.78, 5) is 30.6. The summed E-state index contributed by atoms with van der Waals surface area (Å²) in [5.41, 5.74) is 3.07. The average molecular weight is 486 g/mol. The lowest BCUT2D eigenvalue weighted by molar-refractivity contribution is 0.0464. The molecule has 10 nitrogen and oxygen atoms in total. The Labute approximate surface area is 202 Å². The molecule has 0 N–H and O–H groups in total. The summed E-state index contributed by atoms with van der Waals surface area (Å²) in [7, 11) is 1.64. The molecule has 6 aromatic rings. The fourth-order valence-corrected chi connectivity index (χ4v) is 5.01. The third kappa shape index (κ3) is 3.31. The van der Waals surface area contributed by atoms with E-state index in [0.29, 0.717) is 50.7 Å². The van der Waals surface area contributed by atoms with Crippen molar-refractivity contribution in [2.24, 2.45) is 7.05 Å². The second-order valence-corrected chi connectivity index (χ2v) is 8.86. The van der Waals surface area contributed by atoms with Crippen LogP contribution in [0.5, 0.6) is 0 Å². The first kappa shape index (κ1) is 21.2. The van der Waals surface area contributed by atoms with Gasteiger partial charge in [-0.05, 0) is 24.4 Å². The number of nitrogens with zero attached hydrogens (tertiary/aromatic N) is 7. The molecule has 174 valence electrons. The second-order valence-electron chi connectivity index (χ2n) is 7.95. The Hall–Kier alpha value is -4.38. The molecule has 0 bridgehead atoms. The van der Waals surface area contributed by atoms with Gasteiger partial charge in [-0.1, -0.05) is 30.3 Å². The molecule has 5 heterocycles. The molecule has 5 aromatic heterocycles. The van der Waals surface area contributed by atoms with E-state index in [4.69, 9.17) is 9.72 Å². The first-order valence-electron chi connectivity index (χ1n) is 11.0. The van der Waals surface area contributed by atoms with E-state index in [1.165, 1.54) is 15.9 Å². The van der Waals surface area contributed by atoms with Gasteiger partial charge in [-0.25, -0.2) is 14.5 Å². The maximum atomic E-state index is 13.3. The van der Waals surface area contributed by atoms with Crippen LogP contribution in [0.15, 0.2) is 58.8 Å². The van der Waals surface area contributed by atoms with E-state index >= 15 is 0 Å². The number of rotatable bonds is 5. The van der Waals surface area contributed by atoms with Gasteiger partial charge in [-0.3, -0.25) is 13.8 Å². The van der Waals surface area contributed by atoms with E-state index in [1.54, 1.807) is 28.4 Å². The zero-order valence-corrected chi connectivity index (χ0v) is 19.7. The van der Waals surface area contributed by atoms with Crippen LogP contribution in [-0.4, -0.2) is 39.9 Å². The van der Waals surface area contributed by atoms with Gasteiger partial charge in [0.25, 0.3) is 5.56 Å². The van der Waals surface area contributed by atoms with Crippen molar-refractivity contribution in [2.75, 3.05) is 0 Å². The lowest BCUT2D eigenvalue weighted by Gasteiger charge is -2.09. The number of fused-ring (bicyclic) bond motifs is 4. The van der Waals surface area contributed by atoms with Gasteiger partial charge in [0.1, 0.15) is 4.70 Å². The van der Waals surface area contributed by atoms with E-state index in [9.17, 15) is 9.59 Å². The smallest absolute Gasteiger partial charge is 0.339 e. The topological polar surface area (TPSA) is 109 Å². The second kappa shape index (κ2) is 8.13. The highest BCUT2D eigenvalue weighted by Gasteiger charge is 2.21.